The van der Waals surface area contributed by atoms with Gasteiger partial charge in [0.25, 0.3) is 0 Å². The molecular weight excluding hydrogens is 226 g/mol. The molecule has 0 saturated carbocycles. The number of rotatable bonds is 3. The number of carbonyl (C=O) groups excluding carboxylic acids is 1. The van der Waals surface area contributed by atoms with E-state index in [4.69, 9.17) is 12.2 Å². The average Bonchev–Trinajstić information content (AvgIpc) is 2.88. The van der Waals surface area contributed by atoms with E-state index in [1.165, 1.54) is 0 Å². The Balaban J connectivity index is 2.13. The van der Waals surface area contributed by atoms with Crippen molar-refractivity contribution in [3.05, 3.63) is 30.1 Å². The first-order valence-corrected chi connectivity index (χ1v) is 6.13. The molecule has 1 saturated heterocycles. The summed E-state index contributed by atoms with van der Waals surface area (Å²) in [6, 6.07) is 3.42. The fourth-order valence-electron chi connectivity index (χ4n) is 2.39. The molecule has 2 atom stereocenters. The van der Waals surface area contributed by atoms with E-state index in [2.05, 4.69) is 10.9 Å². The molecule has 1 fully saturated rings. The van der Waals surface area contributed by atoms with Crippen LogP contribution in [0.5, 0.6) is 0 Å². The van der Waals surface area contributed by atoms with Crippen molar-refractivity contribution < 1.29 is 4.79 Å². The van der Waals surface area contributed by atoms with Crippen LogP contribution in [0, 0.1) is 12.3 Å². The van der Waals surface area contributed by atoms with Gasteiger partial charge in [0.05, 0.1) is 12.1 Å². The molecule has 2 N–H and O–H groups in total. The molecule has 0 radical (unpaired) electrons. The number of nitrogens with zero attached hydrogens (tertiary/aromatic N) is 2. The third-order valence-corrected chi connectivity index (χ3v) is 3.28. The van der Waals surface area contributed by atoms with Crippen LogP contribution in [0.2, 0.25) is 0 Å². The molecule has 2 unspecified atom stereocenters. The van der Waals surface area contributed by atoms with E-state index in [9.17, 15) is 4.79 Å². The highest BCUT2D eigenvalue weighted by Gasteiger charge is 2.32. The number of terminal acetylenes is 1. The van der Waals surface area contributed by atoms with Gasteiger partial charge in [-0.3, -0.25) is 9.78 Å². The van der Waals surface area contributed by atoms with Gasteiger partial charge in [-0.25, -0.2) is 0 Å². The average molecular weight is 243 g/mol. The third-order valence-electron chi connectivity index (χ3n) is 3.28. The van der Waals surface area contributed by atoms with E-state index >= 15 is 0 Å². The van der Waals surface area contributed by atoms with Gasteiger partial charge in [0, 0.05) is 25.4 Å². The van der Waals surface area contributed by atoms with Crippen LogP contribution in [0.4, 0.5) is 0 Å². The van der Waals surface area contributed by atoms with Gasteiger partial charge in [-0.2, -0.15) is 0 Å². The lowest BCUT2D eigenvalue weighted by Crippen LogP contribution is -2.43. The largest absolute Gasteiger partial charge is 0.334 e. The van der Waals surface area contributed by atoms with Crippen LogP contribution < -0.4 is 5.73 Å². The quantitative estimate of drug-likeness (QED) is 0.809. The Morgan fingerprint density at radius 1 is 1.61 bits per heavy atom. The number of hydrogen-bond acceptors (Lipinski definition) is 3. The summed E-state index contributed by atoms with van der Waals surface area (Å²) < 4.78 is 0. The summed E-state index contributed by atoms with van der Waals surface area (Å²) in [6.07, 6.45) is 11.0. The van der Waals surface area contributed by atoms with Crippen molar-refractivity contribution in [2.24, 2.45) is 5.73 Å². The number of carbonyl (C=O) groups is 1. The first kappa shape index (κ1) is 12.6. The summed E-state index contributed by atoms with van der Waals surface area (Å²) in [5.41, 5.74) is 6.92. The van der Waals surface area contributed by atoms with Crippen LogP contribution >= 0.6 is 0 Å². The van der Waals surface area contributed by atoms with Gasteiger partial charge in [-0.15, -0.1) is 12.3 Å². The number of nitrogens with two attached hydrogens (primary N) is 1. The van der Waals surface area contributed by atoms with Crippen molar-refractivity contribution >= 4 is 5.91 Å². The van der Waals surface area contributed by atoms with Crippen LogP contribution in [0.25, 0.3) is 0 Å². The Morgan fingerprint density at radius 3 is 3.00 bits per heavy atom. The Labute approximate surface area is 107 Å². The van der Waals surface area contributed by atoms with E-state index in [-0.39, 0.29) is 11.9 Å². The monoisotopic (exact) mass is 243 g/mol. The molecule has 1 aromatic heterocycles. The minimum Gasteiger partial charge on any atom is -0.334 e. The molecule has 4 heteroatoms. The summed E-state index contributed by atoms with van der Waals surface area (Å²) in [6.45, 7) is 0.754. The highest BCUT2D eigenvalue weighted by atomic mass is 16.2. The molecule has 0 bridgehead atoms. The molecular formula is C14H17N3O. The van der Waals surface area contributed by atoms with Gasteiger partial charge in [0.15, 0.2) is 0 Å². The molecule has 0 aromatic carbocycles. The van der Waals surface area contributed by atoms with E-state index in [1.807, 2.05) is 17.0 Å². The highest BCUT2D eigenvalue weighted by Crippen LogP contribution is 2.31. The fraction of sp³-hybridized carbons (Fsp3) is 0.429. The van der Waals surface area contributed by atoms with Crippen LogP contribution in [-0.4, -0.2) is 28.4 Å². The zero-order valence-electron chi connectivity index (χ0n) is 10.2. The number of hydrogen-bond donors (Lipinski definition) is 1. The molecule has 18 heavy (non-hydrogen) atoms. The van der Waals surface area contributed by atoms with Gasteiger partial charge in [-0.05, 0) is 30.5 Å². The molecule has 0 spiro atoms. The number of amides is 1. The topological polar surface area (TPSA) is 59.2 Å². The van der Waals surface area contributed by atoms with E-state index in [0.29, 0.717) is 6.42 Å². The zero-order chi connectivity index (χ0) is 13.0. The Bertz CT molecular complexity index is 452. The Hall–Kier alpha value is -1.86. The maximum Gasteiger partial charge on any atom is 0.240 e. The van der Waals surface area contributed by atoms with E-state index < -0.39 is 6.04 Å². The summed E-state index contributed by atoms with van der Waals surface area (Å²) in [7, 11) is 0. The second-order valence-electron chi connectivity index (χ2n) is 4.48. The van der Waals surface area contributed by atoms with Crippen molar-refractivity contribution in [3.8, 4) is 12.3 Å². The zero-order valence-corrected chi connectivity index (χ0v) is 10.2. The minimum atomic E-state index is -0.586. The Morgan fingerprint density at radius 2 is 2.33 bits per heavy atom. The van der Waals surface area contributed by atoms with Gasteiger partial charge >= 0.3 is 0 Å². The van der Waals surface area contributed by atoms with Crippen molar-refractivity contribution in [1.29, 1.82) is 0 Å². The smallest absolute Gasteiger partial charge is 0.240 e. The van der Waals surface area contributed by atoms with E-state index in [0.717, 1.165) is 24.9 Å². The van der Waals surface area contributed by atoms with Gasteiger partial charge < -0.3 is 10.6 Å². The summed E-state index contributed by atoms with van der Waals surface area (Å²) in [5, 5.41) is 0. The maximum atomic E-state index is 12.2. The first-order chi connectivity index (χ1) is 8.74. The lowest BCUT2D eigenvalue weighted by molar-refractivity contribution is -0.133. The van der Waals surface area contributed by atoms with Crippen LogP contribution in [0.15, 0.2) is 24.5 Å². The standard InChI is InChI=1S/C14H17N3O/c1-2-4-12(15)14(18)17-10-3-5-13(17)11-6-8-16-9-7-11/h1,6-9,12-13H,3-5,10,15H2. The number of likely N-dealkylation sites (tertiary alicyclic amines) is 1. The molecule has 94 valence electrons. The second kappa shape index (κ2) is 5.65. The summed E-state index contributed by atoms with van der Waals surface area (Å²) in [5.74, 6) is 2.40. The third kappa shape index (κ3) is 2.52. The molecule has 1 aliphatic heterocycles. The molecule has 1 amide bonds. The molecule has 4 nitrogen and oxygen atoms in total. The van der Waals surface area contributed by atoms with E-state index in [1.54, 1.807) is 12.4 Å². The first-order valence-electron chi connectivity index (χ1n) is 6.13. The predicted octanol–water partition coefficient (Wildman–Crippen LogP) is 1.10. The predicted molar refractivity (Wildman–Crippen MR) is 69.4 cm³/mol. The highest BCUT2D eigenvalue weighted by molar-refractivity contribution is 5.82. The molecule has 2 rings (SSSR count). The fourth-order valence-corrected chi connectivity index (χ4v) is 2.39. The molecule has 1 aromatic rings. The van der Waals surface area contributed by atoms with Gasteiger partial charge in [-0.1, -0.05) is 0 Å². The second-order valence-corrected chi connectivity index (χ2v) is 4.48. The maximum absolute atomic E-state index is 12.2. The summed E-state index contributed by atoms with van der Waals surface area (Å²) >= 11 is 0. The number of pyridine rings is 1. The number of aromatic nitrogens is 1. The van der Waals surface area contributed by atoms with Crippen molar-refractivity contribution in [1.82, 2.24) is 9.88 Å². The van der Waals surface area contributed by atoms with Gasteiger partial charge in [0.1, 0.15) is 0 Å². The van der Waals surface area contributed by atoms with Crippen molar-refractivity contribution in [2.45, 2.75) is 31.3 Å². The lowest BCUT2D eigenvalue weighted by atomic mass is 10.1. The van der Waals surface area contributed by atoms with Crippen molar-refractivity contribution in [2.75, 3.05) is 6.54 Å². The van der Waals surface area contributed by atoms with Crippen LogP contribution in [0.3, 0.4) is 0 Å². The normalized spacial score (nSPS) is 20.4. The molecule has 2 heterocycles. The molecule has 1 aliphatic rings. The SMILES string of the molecule is C#CCC(N)C(=O)N1CCCC1c1ccncc1. The summed E-state index contributed by atoms with van der Waals surface area (Å²) in [4.78, 5) is 18.0. The lowest BCUT2D eigenvalue weighted by Gasteiger charge is -2.27. The van der Waals surface area contributed by atoms with Gasteiger partial charge in [0.2, 0.25) is 5.91 Å². The minimum absolute atomic E-state index is 0.0488. The van der Waals surface area contributed by atoms with Crippen molar-refractivity contribution in [3.63, 3.8) is 0 Å². The Kier molecular flexibility index (Phi) is 3.96. The van der Waals surface area contributed by atoms with Crippen LogP contribution in [0.1, 0.15) is 30.9 Å². The van der Waals surface area contributed by atoms with Crippen LogP contribution in [-0.2, 0) is 4.79 Å². The molecule has 0 aliphatic carbocycles.